The van der Waals surface area contributed by atoms with Gasteiger partial charge in [-0.3, -0.25) is 0 Å². The molecule has 192 valence electrons. The van der Waals surface area contributed by atoms with Crippen molar-refractivity contribution in [2.75, 3.05) is 19.6 Å². The first kappa shape index (κ1) is 25.0. The molecule has 1 aliphatic carbocycles. The van der Waals surface area contributed by atoms with E-state index >= 15 is 0 Å². The van der Waals surface area contributed by atoms with Crippen LogP contribution in [-0.4, -0.2) is 42.5 Å². The maximum Gasteiger partial charge on any atom is 0.416 e. The van der Waals surface area contributed by atoms with Gasteiger partial charge in [0.05, 0.1) is 11.9 Å². The highest BCUT2D eigenvalue weighted by Crippen LogP contribution is 2.42. The van der Waals surface area contributed by atoms with Gasteiger partial charge in [-0.2, -0.15) is 13.2 Å². The number of hydrogen-bond donors (Lipinski definition) is 1. The second-order valence-electron chi connectivity index (χ2n) is 9.86. The van der Waals surface area contributed by atoms with Crippen molar-refractivity contribution in [1.82, 2.24) is 19.2 Å². The Bertz CT molecular complexity index is 1350. The average molecular weight is 519 g/mol. The van der Waals surface area contributed by atoms with Gasteiger partial charge in [0.15, 0.2) is 5.03 Å². The monoisotopic (exact) mass is 518 g/mol. The molecular weight excluding hydrogens is 489 g/mol. The van der Waals surface area contributed by atoms with Crippen LogP contribution in [0.2, 0.25) is 0 Å². The summed E-state index contributed by atoms with van der Waals surface area (Å²) in [6.45, 7) is 3.15. The van der Waals surface area contributed by atoms with Crippen molar-refractivity contribution in [2.45, 2.75) is 42.9 Å². The van der Waals surface area contributed by atoms with Crippen LogP contribution in [0.25, 0.3) is 0 Å². The minimum absolute atomic E-state index is 0.0387. The molecule has 0 bridgehead atoms. The summed E-state index contributed by atoms with van der Waals surface area (Å²) in [6.07, 6.45) is 1.06. The zero-order chi connectivity index (χ0) is 25.5. The third-order valence-corrected chi connectivity index (χ3v) is 8.52. The van der Waals surface area contributed by atoms with Crippen molar-refractivity contribution < 1.29 is 21.6 Å². The number of likely N-dealkylation sites (tertiary alicyclic amines) is 1. The van der Waals surface area contributed by atoms with Crippen LogP contribution in [0.3, 0.4) is 0 Å². The summed E-state index contributed by atoms with van der Waals surface area (Å²) in [4.78, 5) is 6.32. The van der Waals surface area contributed by atoms with Crippen LogP contribution in [0.5, 0.6) is 0 Å². The molecule has 0 saturated carbocycles. The third kappa shape index (κ3) is 5.35. The van der Waals surface area contributed by atoms with E-state index in [4.69, 9.17) is 0 Å². The number of nitrogens with zero attached hydrogens (tertiary/aromatic N) is 3. The average Bonchev–Trinajstić information content (AvgIpc) is 3.39. The molecule has 3 aromatic rings. The van der Waals surface area contributed by atoms with E-state index in [1.165, 1.54) is 36.6 Å². The lowest BCUT2D eigenvalue weighted by Gasteiger charge is -2.35. The second-order valence-corrected chi connectivity index (χ2v) is 11.6. The number of rotatable bonds is 8. The summed E-state index contributed by atoms with van der Waals surface area (Å²) in [5, 5.41) is -0.0387. The molecule has 0 amide bonds. The molecule has 6 nitrogen and oxygen atoms in total. The molecule has 2 unspecified atom stereocenters. The van der Waals surface area contributed by atoms with Crippen LogP contribution in [0.4, 0.5) is 13.2 Å². The predicted octanol–water partition coefficient (Wildman–Crippen LogP) is 4.12. The van der Waals surface area contributed by atoms with Gasteiger partial charge in [-0.25, -0.2) is 18.1 Å². The Balaban J connectivity index is 1.38. The first-order valence-corrected chi connectivity index (χ1v) is 13.5. The number of fused-ring (bicyclic) bond motifs is 1. The van der Waals surface area contributed by atoms with Gasteiger partial charge >= 0.3 is 6.18 Å². The number of hydrogen-bond acceptors (Lipinski definition) is 4. The van der Waals surface area contributed by atoms with Crippen LogP contribution in [0.15, 0.2) is 60.0 Å². The largest absolute Gasteiger partial charge is 0.416 e. The number of imidazole rings is 1. The number of aryl methyl sites for hydroxylation is 1. The van der Waals surface area contributed by atoms with Crippen molar-refractivity contribution in [1.29, 1.82) is 0 Å². The Morgan fingerprint density at radius 1 is 1.11 bits per heavy atom. The summed E-state index contributed by atoms with van der Waals surface area (Å²) in [7, 11) is -2.05. The zero-order valence-corrected chi connectivity index (χ0v) is 20.8. The van der Waals surface area contributed by atoms with Crippen molar-refractivity contribution in [3.63, 3.8) is 0 Å². The maximum absolute atomic E-state index is 13.3. The van der Waals surface area contributed by atoms with Gasteiger partial charge in [0.25, 0.3) is 10.0 Å². The van der Waals surface area contributed by atoms with Gasteiger partial charge in [0.2, 0.25) is 0 Å². The maximum atomic E-state index is 13.3. The fourth-order valence-electron chi connectivity index (χ4n) is 5.24. The van der Waals surface area contributed by atoms with Gasteiger partial charge in [-0.1, -0.05) is 36.4 Å². The number of halogens is 3. The smallest absolute Gasteiger partial charge is 0.339 e. The van der Waals surface area contributed by atoms with Gasteiger partial charge in [-0.15, -0.1) is 0 Å². The number of alkyl halides is 3. The molecule has 2 aliphatic rings. The van der Waals surface area contributed by atoms with E-state index in [0.717, 1.165) is 43.2 Å². The highest BCUT2D eigenvalue weighted by molar-refractivity contribution is 7.89. The van der Waals surface area contributed by atoms with Crippen LogP contribution >= 0.6 is 0 Å². The Kier molecular flexibility index (Phi) is 6.69. The summed E-state index contributed by atoms with van der Waals surface area (Å²) in [5.74, 6) is 0.367. The van der Waals surface area contributed by atoms with E-state index in [-0.39, 0.29) is 17.5 Å². The molecular formula is C26H29F3N4O2S. The Labute approximate surface area is 209 Å². The minimum Gasteiger partial charge on any atom is -0.339 e. The minimum atomic E-state index is -4.38. The summed E-state index contributed by atoms with van der Waals surface area (Å²) in [5.41, 5.74) is 3.14. The van der Waals surface area contributed by atoms with Crippen molar-refractivity contribution >= 4 is 10.0 Å². The standard InChI is InChI=1S/C26H29F3N4O2S/c1-32-16-25(30-17-32)36(34,35)31-14-19-6-7-20-13-21(15-33-8-3-9-33)24(23(20)12-19)11-18-4-2-5-22(10-18)26(27,28)29/h2,4-7,10,12,16-17,21,24,31H,3,8-9,11,13-15H2,1H3. The molecule has 2 aromatic carbocycles. The summed E-state index contributed by atoms with van der Waals surface area (Å²) in [6, 6.07) is 11.6. The van der Waals surface area contributed by atoms with Crippen LogP contribution in [0, 0.1) is 5.92 Å². The fourth-order valence-corrected chi connectivity index (χ4v) is 6.23. The molecule has 2 atom stereocenters. The van der Waals surface area contributed by atoms with Gasteiger partial charge < -0.3 is 9.47 Å². The molecule has 1 aliphatic heterocycles. The second kappa shape index (κ2) is 9.64. The van der Waals surface area contributed by atoms with Crippen LogP contribution < -0.4 is 4.72 Å². The lowest BCUT2D eigenvalue weighted by Crippen LogP contribution is -2.41. The van der Waals surface area contributed by atoms with E-state index in [1.54, 1.807) is 17.7 Å². The van der Waals surface area contributed by atoms with Crippen molar-refractivity contribution in [2.24, 2.45) is 13.0 Å². The summed E-state index contributed by atoms with van der Waals surface area (Å²) >= 11 is 0. The van der Waals surface area contributed by atoms with Gasteiger partial charge in [0.1, 0.15) is 0 Å². The first-order valence-electron chi connectivity index (χ1n) is 12.1. The molecule has 5 rings (SSSR count). The van der Waals surface area contributed by atoms with Crippen molar-refractivity contribution in [3.8, 4) is 0 Å². The lowest BCUT2D eigenvalue weighted by atomic mass is 9.85. The van der Waals surface area contributed by atoms with Crippen LogP contribution in [0.1, 0.15) is 40.2 Å². The quantitative estimate of drug-likeness (QED) is 0.487. The number of benzene rings is 2. The molecule has 1 aromatic heterocycles. The SMILES string of the molecule is Cn1cnc(S(=O)(=O)NCc2ccc3c(c2)C(Cc2cccc(C(F)(F)F)c2)C(CN2CCC2)C3)c1. The van der Waals surface area contributed by atoms with Gasteiger partial charge in [-0.05, 0) is 72.5 Å². The molecule has 10 heteroatoms. The van der Waals surface area contributed by atoms with E-state index in [0.29, 0.717) is 17.9 Å². The molecule has 1 saturated heterocycles. The molecule has 1 N–H and O–H groups in total. The van der Waals surface area contributed by atoms with E-state index in [1.807, 2.05) is 18.2 Å². The molecule has 1 fully saturated rings. The molecule has 36 heavy (non-hydrogen) atoms. The van der Waals surface area contributed by atoms with E-state index in [9.17, 15) is 21.6 Å². The Morgan fingerprint density at radius 2 is 1.92 bits per heavy atom. The highest BCUT2D eigenvalue weighted by Gasteiger charge is 2.36. The Hall–Kier alpha value is -2.69. The van der Waals surface area contributed by atoms with Gasteiger partial charge in [0, 0.05) is 26.3 Å². The number of aromatic nitrogens is 2. The van der Waals surface area contributed by atoms with E-state index in [2.05, 4.69) is 14.6 Å². The normalized spacial score (nSPS) is 20.3. The summed E-state index contributed by atoms with van der Waals surface area (Å²) < 4.78 is 69.3. The Morgan fingerprint density at radius 3 is 2.58 bits per heavy atom. The zero-order valence-electron chi connectivity index (χ0n) is 20.0. The lowest BCUT2D eigenvalue weighted by molar-refractivity contribution is -0.137. The predicted molar refractivity (Wildman–Crippen MR) is 130 cm³/mol. The van der Waals surface area contributed by atoms with Crippen LogP contribution in [-0.2, 0) is 42.6 Å². The van der Waals surface area contributed by atoms with E-state index < -0.39 is 21.8 Å². The molecule has 0 radical (unpaired) electrons. The molecule has 0 spiro atoms. The highest BCUT2D eigenvalue weighted by atomic mass is 32.2. The topological polar surface area (TPSA) is 67.2 Å². The number of nitrogens with one attached hydrogen (secondary N) is 1. The fraction of sp³-hybridized carbons (Fsp3) is 0.423. The molecule has 2 heterocycles. The number of sulfonamides is 1. The van der Waals surface area contributed by atoms with Crippen molar-refractivity contribution in [3.05, 3.63) is 82.8 Å². The first-order chi connectivity index (χ1) is 17.1. The third-order valence-electron chi connectivity index (χ3n) is 7.24.